The molecule has 0 aromatic heterocycles. The van der Waals surface area contributed by atoms with Crippen LogP contribution in [0.4, 0.5) is 0 Å². The second-order valence-electron chi connectivity index (χ2n) is 2.87. The molecule has 13 heavy (non-hydrogen) atoms. The summed E-state index contributed by atoms with van der Waals surface area (Å²) in [6.45, 7) is 3.59. The van der Waals surface area contributed by atoms with Crippen molar-refractivity contribution in [3.05, 3.63) is 36.1 Å². The van der Waals surface area contributed by atoms with E-state index >= 15 is 0 Å². The molecule has 1 aliphatic rings. The van der Waals surface area contributed by atoms with Gasteiger partial charge in [0.15, 0.2) is 0 Å². The molecule has 0 amide bonds. The molecule has 0 saturated heterocycles. The maximum atomic E-state index is 9.59. The number of aliphatic hydroxyl groups excluding tert-OH is 1. The predicted octanol–water partition coefficient (Wildman–Crippen LogP) is 1.63. The molecule has 1 unspecified atom stereocenters. The zero-order valence-electron chi connectivity index (χ0n) is 7.28. The van der Waals surface area contributed by atoms with Gasteiger partial charge in [0.1, 0.15) is 23.4 Å². The lowest BCUT2D eigenvalue weighted by atomic mass is 10.1. The molecule has 68 valence electrons. The highest BCUT2D eigenvalue weighted by Crippen LogP contribution is 2.39. The minimum Gasteiger partial charge on any atom is -0.497 e. The van der Waals surface area contributed by atoms with Crippen molar-refractivity contribution in [3.8, 4) is 11.5 Å². The Kier molecular flexibility index (Phi) is 1.74. The van der Waals surface area contributed by atoms with E-state index in [0.717, 1.165) is 0 Å². The molecule has 0 saturated carbocycles. The van der Waals surface area contributed by atoms with Crippen LogP contribution in [0, 0.1) is 0 Å². The van der Waals surface area contributed by atoms with Crippen LogP contribution in [0.25, 0.3) is 0 Å². The number of methoxy groups -OCH3 is 1. The summed E-state index contributed by atoms with van der Waals surface area (Å²) in [4.78, 5) is 0. The summed E-state index contributed by atoms with van der Waals surface area (Å²) in [5.74, 6) is 1.72. The Morgan fingerprint density at radius 3 is 3.00 bits per heavy atom. The first kappa shape index (κ1) is 8.13. The van der Waals surface area contributed by atoms with Crippen molar-refractivity contribution < 1.29 is 14.6 Å². The summed E-state index contributed by atoms with van der Waals surface area (Å²) in [5.41, 5.74) is 0.712. The van der Waals surface area contributed by atoms with Crippen LogP contribution in [0.3, 0.4) is 0 Å². The first-order valence-electron chi connectivity index (χ1n) is 3.95. The van der Waals surface area contributed by atoms with Crippen LogP contribution in [0.2, 0.25) is 0 Å². The summed E-state index contributed by atoms with van der Waals surface area (Å²) in [5, 5.41) is 9.59. The van der Waals surface area contributed by atoms with Crippen LogP contribution in [0.1, 0.15) is 11.7 Å². The van der Waals surface area contributed by atoms with Crippen LogP contribution in [-0.2, 0) is 0 Å². The fourth-order valence-corrected chi connectivity index (χ4v) is 1.33. The van der Waals surface area contributed by atoms with Crippen molar-refractivity contribution in [2.45, 2.75) is 6.10 Å². The summed E-state index contributed by atoms with van der Waals surface area (Å²) >= 11 is 0. The Labute approximate surface area is 76.2 Å². The van der Waals surface area contributed by atoms with Crippen molar-refractivity contribution in [3.63, 3.8) is 0 Å². The van der Waals surface area contributed by atoms with Gasteiger partial charge in [-0.2, -0.15) is 0 Å². The molecule has 0 spiro atoms. The molecule has 0 bridgehead atoms. The Morgan fingerprint density at radius 2 is 2.31 bits per heavy atom. The molecule has 0 aliphatic carbocycles. The third-order valence-electron chi connectivity index (χ3n) is 2.06. The molecule has 1 heterocycles. The predicted molar refractivity (Wildman–Crippen MR) is 47.7 cm³/mol. The monoisotopic (exact) mass is 178 g/mol. The minimum atomic E-state index is -0.731. The highest BCUT2D eigenvalue weighted by atomic mass is 16.5. The molecule has 1 atom stereocenters. The lowest BCUT2D eigenvalue weighted by Gasteiger charge is -2.02. The SMILES string of the molecule is C=C1Oc2ccc(OC)cc2C1O. The van der Waals surface area contributed by atoms with E-state index in [2.05, 4.69) is 6.58 Å². The zero-order chi connectivity index (χ0) is 9.42. The van der Waals surface area contributed by atoms with Gasteiger partial charge >= 0.3 is 0 Å². The molecular formula is C10H10O3. The summed E-state index contributed by atoms with van der Waals surface area (Å²) < 4.78 is 10.2. The van der Waals surface area contributed by atoms with E-state index in [1.54, 1.807) is 25.3 Å². The average molecular weight is 178 g/mol. The van der Waals surface area contributed by atoms with E-state index in [-0.39, 0.29) is 0 Å². The second-order valence-corrected chi connectivity index (χ2v) is 2.87. The molecule has 1 N–H and O–H groups in total. The van der Waals surface area contributed by atoms with Gasteiger partial charge in [-0.05, 0) is 18.2 Å². The Morgan fingerprint density at radius 1 is 1.54 bits per heavy atom. The molecule has 2 rings (SSSR count). The first-order chi connectivity index (χ1) is 6.22. The van der Waals surface area contributed by atoms with Crippen molar-refractivity contribution >= 4 is 0 Å². The number of hydrogen-bond acceptors (Lipinski definition) is 3. The molecule has 3 nitrogen and oxygen atoms in total. The van der Waals surface area contributed by atoms with E-state index in [1.807, 2.05) is 0 Å². The van der Waals surface area contributed by atoms with E-state index < -0.39 is 6.10 Å². The fourth-order valence-electron chi connectivity index (χ4n) is 1.33. The maximum Gasteiger partial charge on any atom is 0.140 e. The van der Waals surface area contributed by atoms with Crippen molar-refractivity contribution in [1.29, 1.82) is 0 Å². The lowest BCUT2D eigenvalue weighted by Crippen LogP contribution is -1.94. The third kappa shape index (κ3) is 1.17. The average Bonchev–Trinajstić information content (AvgIpc) is 2.43. The van der Waals surface area contributed by atoms with Crippen LogP contribution < -0.4 is 9.47 Å². The Hall–Kier alpha value is -1.48. The van der Waals surface area contributed by atoms with Gasteiger partial charge in [-0.15, -0.1) is 0 Å². The third-order valence-corrected chi connectivity index (χ3v) is 2.06. The maximum absolute atomic E-state index is 9.59. The van der Waals surface area contributed by atoms with Gasteiger partial charge in [0.2, 0.25) is 0 Å². The molecule has 1 aromatic carbocycles. The second kappa shape index (κ2) is 2.78. The molecule has 1 aromatic rings. The van der Waals surface area contributed by atoms with Gasteiger partial charge in [0.25, 0.3) is 0 Å². The summed E-state index contributed by atoms with van der Waals surface area (Å²) in [6.07, 6.45) is -0.731. The topological polar surface area (TPSA) is 38.7 Å². The molecule has 0 fully saturated rings. The van der Waals surface area contributed by atoms with Gasteiger partial charge in [-0.25, -0.2) is 0 Å². The van der Waals surface area contributed by atoms with E-state index in [1.165, 1.54) is 0 Å². The molecule has 3 heteroatoms. The van der Waals surface area contributed by atoms with Crippen LogP contribution in [-0.4, -0.2) is 12.2 Å². The van der Waals surface area contributed by atoms with Gasteiger partial charge in [-0.3, -0.25) is 0 Å². The van der Waals surface area contributed by atoms with Gasteiger partial charge in [0, 0.05) is 5.56 Å². The smallest absolute Gasteiger partial charge is 0.140 e. The summed E-state index contributed by atoms with van der Waals surface area (Å²) in [7, 11) is 1.58. The van der Waals surface area contributed by atoms with E-state index in [0.29, 0.717) is 22.8 Å². The largest absolute Gasteiger partial charge is 0.497 e. The number of benzene rings is 1. The summed E-state index contributed by atoms with van der Waals surface area (Å²) in [6, 6.07) is 5.29. The Balaban J connectivity index is 2.47. The standard InChI is InChI=1S/C10H10O3/c1-6-10(11)8-5-7(12-2)3-4-9(8)13-6/h3-5,10-11H,1H2,2H3. The highest BCUT2D eigenvalue weighted by molar-refractivity contribution is 5.47. The van der Waals surface area contributed by atoms with E-state index in [9.17, 15) is 5.11 Å². The number of aliphatic hydroxyl groups is 1. The zero-order valence-corrected chi connectivity index (χ0v) is 7.28. The highest BCUT2D eigenvalue weighted by Gasteiger charge is 2.26. The van der Waals surface area contributed by atoms with Gasteiger partial charge < -0.3 is 14.6 Å². The number of rotatable bonds is 1. The fraction of sp³-hybridized carbons (Fsp3) is 0.200. The van der Waals surface area contributed by atoms with Gasteiger partial charge in [-0.1, -0.05) is 6.58 Å². The minimum absolute atomic E-state index is 0.364. The van der Waals surface area contributed by atoms with Crippen molar-refractivity contribution in [1.82, 2.24) is 0 Å². The van der Waals surface area contributed by atoms with Crippen molar-refractivity contribution in [2.24, 2.45) is 0 Å². The van der Waals surface area contributed by atoms with Crippen molar-refractivity contribution in [2.75, 3.05) is 7.11 Å². The molecule has 1 aliphatic heterocycles. The van der Waals surface area contributed by atoms with Crippen LogP contribution in [0.15, 0.2) is 30.5 Å². The van der Waals surface area contributed by atoms with Gasteiger partial charge in [0.05, 0.1) is 7.11 Å². The van der Waals surface area contributed by atoms with E-state index in [4.69, 9.17) is 9.47 Å². The quantitative estimate of drug-likeness (QED) is 0.710. The first-order valence-corrected chi connectivity index (χ1v) is 3.95. The lowest BCUT2D eigenvalue weighted by molar-refractivity contribution is 0.192. The Bertz CT molecular complexity index is 357. The molecular weight excluding hydrogens is 168 g/mol. The normalized spacial score (nSPS) is 19.5. The van der Waals surface area contributed by atoms with Crippen LogP contribution >= 0.6 is 0 Å². The molecule has 0 radical (unpaired) electrons. The number of fused-ring (bicyclic) bond motifs is 1. The number of ether oxygens (including phenoxy) is 2. The number of hydrogen-bond donors (Lipinski definition) is 1. The van der Waals surface area contributed by atoms with Crippen LogP contribution in [0.5, 0.6) is 11.5 Å².